The highest BCUT2D eigenvalue weighted by atomic mass is 16.5. The van der Waals surface area contributed by atoms with E-state index in [4.69, 9.17) is 4.74 Å². The Morgan fingerprint density at radius 2 is 1.93 bits per heavy atom. The molecule has 8 nitrogen and oxygen atoms in total. The Morgan fingerprint density at radius 3 is 2.60 bits per heavy atom. The summed E-state index contributed by atoms with van der Waals surface area (Å²) in [7, 11) is 1.58. The topological polar surface area (TPSA) is 101 Å². The summed E-state index contributed by atoms with van der Waals surface area (Å²) in [5, 5.41) is 18.5. The molecule has 3 aromatic rings. The quantitative estimate of drug-likeness (QED) is 0.708. The number of carbonyl (C=O) groups excluding carboxylic acids is 1. The van der Waals surface area contributed by atoms with E-state index in [-0.39, 0.29) is 12.3 Å². The summed E-state index contributed by atoms with van der Waals surface area (Å²) < 4.78 is 5.48. The van der Waals surface area contributed by atoms with E-state index in [2.05, 4.69) is 20.2 Å². The zero-order valence-electron chi connectivity index (χ0n) is 17.4. The SMILES string of the molecule is COc1ccc(-c2ccc(C)nn2)c2ncc(CC(=O)N3CCC(C)(O)CC3)nc12. The van der Waals surface area contributed by atoms with Crippen molar-refractivity contribution >= 4 is 16.9 Å². The summed E-state index contributed by atoms with van der Waals surface area (Å²) >= 11 is 0. The average Bonchev–Trinajstić information content (AvgIpc) is 2.73. The molecule has 3 heterocycles. The number of methoxy groups -OCH3 is 1. The van der Waals surface area contributed by atoms with Gasteiger partial charge in [0.25, 0.3) is 0 Å². The maximum absolute atomic E-state index is 12.7. The van der Waals surface area contributed by atoms with Crippen LogP contribution in [0, 0.1) is 6.92 Å². The van der Waals surface area contributed by atoms with Crippen molar-refractivity contribution in [1.82, 2.24) is 25.1 Å². The molecule has 1 fully saturated rings. The third kappa shape index (κ3) is 4.09. The maximum Gasteiger partial charge on any atom is 0.228 e. The van der Waals surface area contributed by atoms with Crippen LogP contribution in [-0.2, 0) is 11.2 Å². The Bertz CT molecular complexity index is 1070. The lowest BCUT2D eigenvalue weighted by molar-refractivity contribution is -0.134. The number of aromatic nitrogens is 4. The first-order valence-corrected chi connectivity index (χ1v) is 10.00. The van der Waals surface area contributed by atoms with Gasteiger partial charge in [0.15, 0.2) is 0 Å². The van der Waals surface area contributed by atoms with Crippen LogP contribution in [0.3, 0.4) is 0 Å². The van der Waals surface area contributed by atoms with E-state index in [1.54, 1.807) is 18.2 Å². The lowest BCUT2D eigenvalue weighted by Gasteiger charge is -2.35. The Balaban J connectivity index is 1.63. The molecule has 1 amide bonds. The molecule has 4 rings (SSSR count). The molecule has 1 N–H and O–H groups in total. The van der Waals surface area contributed by atoms with Gasteiger partial charge in [0, 0.05) is 24.8 Å². The number of aliphatic hydroxyl groups is 1. The standard InChI is InChI=1S/C22H25N5O3/c1-14-4-6-17(26-25-14)16-5-7-18(30-3)21-20(16)23-13-15(24-21)12-19(28)27-10-8-22(2,29)9-11-27/h4-7,13,29H,8-12H2,1-3H3. The molecule has 0 radical (unpaired) electrons. The fourth-order valence-electron chi connectivity index (χ4n) is 3.62. The third-order valence-corrected chi connectivity index (χ3v) is 5.53. The van der Waals surface area contributed by atoms with Crippen LogP contribution in [0.25, 0.3) is 22.3 Å². The van der Waals surface area contributed by atoms with Gasteiger partial charge in [-0.15, -0.1) is 0 Å². The van der Waals surface area contributed by atoms with Gasteiger partial charge in [0.2, 0.25) is 5.91 Å². The third-order valence-electron chi connectivity index (χ3n) is 5.53. The smallest absolute Gasteiger partial charge is 0.228 e. The van der Waals surface area contributed by atoms with E-state index >= 15 is 0 Å². The van der Waals surface area contributed by atoms with Crippen molar-refractivity contribution in [2.24, 2.45) is 0 Å². The number of ether oxygens (including phenoxy) is 1. The van der Waals surface area contributed by atoms with Gasteiger partial charge in [-0.1, -0.05) is 0 Å². The first-order valence-electron chi connectivity index (χ1n) is 10.00. The van der Waals surface area contributed by atoms with Crippen molar-refractivity contribution in [3.05, 3.63) is 41.9 Å². The van der Waals surface area contributed by atoms with E-state index in [0.717, 1.165) is 11.3 Å². The minimum atomic E-state index is -0.692. The molecule has 0 bridgehead atoms. The predicted octanol–water partition coefficient (Wildman–Crippen LogP) is 2.32. The van der Waals surface area contributed by atoms with Gasteiger partial charge in [-0.2, -0.15) is 10.2 Å². The Labute approximate surface area is 174 Å². The summed E-state index contributed by atoms with van der Waals surface area (Å²) in [6.45, 7) is 4.79. The van der Waals surface area contributed by atoms with Gasteiger partial charge in [0.1, 0.15) is 16.8 Å². The normalized spacial score (nSPS) is 15.9. The highest BCUT2D eigenvalue weighted by Crippen LogP contribution is 2.31. The number of benzene rings is 1. The Morgan fingerprint density at radius 1 is 1.17 bits per heavy atom. The van der Waals surface area contributed by atoms with Crippen LogP contribution in [0.2, 0.25) is 0 Å². The first kappa shape index (κ1) is 20.2. The van der Waals surface area contributed by atoms with Crippen LogP contribution in [0.4, 0.5) is 0 Å². The molecule has 2 aromatic heterocycles. The lowest BCUT2D eigenvalue weighted by atomic mass is 9.93. The fraction of sp³-hybridized carbons (Fsp3) is 0.409. The van der Waals surface area contributed by atoms with E-state index < -0.39 is 5.60 Å². The van der Waals surface area contributed by atoms with Crippen molar-refractivity contribution in [3.63, 3.8) is 0 Å². The molecule has 1 saturated heterocycles. The zero-order chi connectivity index (χ0) is 21.3. The summed E-state index contributed by atoms with van der Waals surface area (Å²) in [6, 6.07) is 7.51. The number of hydrogen-bond donors (Lipinski definition) is 1. The van der Waals surface area contributed by atoms with E-state index in [0.29, 0.717) is 54.1 Å². The van der Waals surface area contributed by atoms with Gasteiger partial charge in [-0.3, -0.25) is 9.78 Å². The van der Waals surface area contributed by atoms with E-state index in [1.807, 2.05) is 38.1 Å². The maximum atomic E-state index is 12.7. The lowest BCUT2D eigenvalue weighted by Crippen LogP contribution is -2.45. The van der Waals surface area contributed by atoms with Crippen molar-refractivity contribution in [3.8, 4) is 17.0 Å². The second-order valence-corrected chi connectivity index (χ2v) is 7.99. The molecule has 0 spiro atoms. The van der Waals surface area contributed by atoms with E-state index in [9.17, 15) is 9.90 Å². The monoisotopic (exact) mass is 407 g/mol. The van der Waals surface area contributed by atoms with Crippen molar-refractivity contribution < 1.29 is 14.6 Å². The second kappa shape index (κ2) is 7.95. The van der Waals surface area contributed by atoms with E-state index in [1.165, 1.54) is 0 Å². The zero-order valence-corrected chi connectivity index (χ0v) is 17.4. The number of hydrogen-bond acceptors (Lipinski definition) is 7. The van der Waals surface area contributed by atoms with Gasteiger partial charge in [-0.05, 0) is 51.0 Å². The number of aryl methyl sites for hydroxylation is 1. The molecular formula is C22H25N5O3. The van der Waals surface area contributed by atoms with Gasteiger partial charge >= 0.3 is 0 Å². The Hall–Kier alpha value is -3.13. The number of likely N-dealkylation sites (tertiary alicyclic amines) is 1. The Kier molecular flexibility index (Phi) is 5.34. The molecule has 30 heavy (non-hydrogen) atoms. The summed E-state index contributed by atoms with van der Waals surface area (Å²) in [5.41, 5.74) is 3.47. The van der Waals surface area contributed by atoms with Crippen LogP contribution in [0.15, 0.2) is 30.5 Å². The number of carbonyl (C=O) groups is 1. The fourth-order valence-corrected chi connectivity index (χ4v) is 3.62. The molecule has 0 atom stereocenters. The molecular weight excluding hydrogens is 382 g/mol. The van der Waals surface area contributed by atoms with Crippen molar-refractivity contribution in [2.75, 3.05) is 20.2 Å². The number of nitrogens with zero attached hydrogens (tertiary/aromatic N) is 5. The van der Waals surface area contributed by atoms with Crippen molar-refractivity contribution in [2.45, 2.75) is 38.7 Å². The van der Waals surface area contributed by atoms with Crippen LogP contribution < -0.4 is 4.74 Å². The largest absolute Gasteiger partial charge is 0.494 e. The molecule has 0 aliphatic carbocycles. The number of rotatable bonds is 4. The average molecular weight is 407 g/mol. The minimum absolute atomic E-state index is 0.0151. The van der Waals surface area contributed by atoms with Crippen LogP contribution in [0.5, 0.6) is 5.75 Å². The van der Waals surface area contributed by atoms with Crippen LogP contribution in [0.1, 0.15) is 31.2 Å². The number of piperidine rings is 1. The minimum Gasteiger partial charge on any atom is -0.494 e. The van der Waals surface area contributed by atoms with Crippen molar-refractivity contribution in [1.29, 1.82) is 0 Å². The molecule has 0 unspecified atom stereocenters. The molecule has 1 aliphatic heterocycles. The highest BCUT2D eigenvalue weighted by molar-refractivity contribution is 5.94. The first-order chi connectivity index (χ1) is 14.4. The van der Waals surface area contributed by atoms with Gasteiger partial charge < -0.3 is 14.7 Å². The predicted molar refractivity (Wildman–Crippen MR) is 112 cm³/mol. The number of amides is 1. The molecule has 8 heteroatoms. The highest BCUT2D eigenvalue weighted by Gasteiger charge is 2.29. The molecule has 0 saturated carbocycles. The number of fused-ring (bicyclic) bond motifs is 1. The summed E-state index contributed by atoms with van der Waals surface area (Å²) in [4.78, 5) is 23.8. The second-order valence-electron chi connectivity index (χ2n) is 7.99. The molecule has 1 aromatic carbocycles. The molecule has 156 valence electrons. The van der Waals surface area contributed by atoms with Gasteiger partial charge in [0.05, 0.1) is 36.2 Å². The summed E-state index contributed by atoms with van der Waals surface area (Å²) in [5.74, 6) is 0.573. The summed E-state index contributed by atoms with van der Waals surface area (Å²) in [6.07, 6.45) is 2.95. The molecule has 1 aliphatic rings. The van der Waals surface area contributed by atoms with Gasteiger partial charge in [-0.25, -0.2) is 4.98 Å². The van der Waals surface area contributed by atoms with Crippen LogP contribution >= 0.6 is 0 Å². The van der Waals surface area contributed by atoms with Crippen LogP contribution in [-0.4, -0.2) is 61.9 Å².